The third-order valence-electron chi connectivity index (χ3n) is 3.94. The number of nitrogens with one attached hydrogen (secondary N) is 1. The Hall–Kier alpha value is -1.27. The van der Waals surface area contributed by atoms with Crippen molar-refractivity contribution in [2.45, 2.75) is 30.7 Å². The Kier molecular flexibility index (Phi) is 3.61. The maximum absolute atomic E-state index is 13.7. The van der Waals surface area contributed by atoms with Gasteiger partial charge in [-0.15, -0.1) is 11.8 Å². The van der Waals surface area contributed by atoms with Gasteiger partial charge in [-0.2, -0.15) is 0 Å². The summed E-state index contributed by atoms with van der Waals surface area (Å²) in [4.78, 5) is 25.7. The van der Waals surface area contributed by atoms with Gasteiger partial charge >= 0.3 is 0 Å². The van der Waals surface area contributed by atoms with E-state index < -0.39 is 11.9 Å². The molecule has 4 nitrogen and oxygen atoms in total. The minimum absolute atomic E-state index is 0.0146. The van der Waals surface area contributed by atoms with Crippen LogP contribution in [0.15, 0.2) is 18.2 Å². The summed E-state index contributed by atoms with van der Waals surface area (Å²) in [5.74, 6) is -0.428. The lowest BCUT2D eigenvalue weighted by Crippen LogP contribution is -2.48. The van der Waals surface area contributed by atoms with Gasteiger partial charge < -0.3 is 10.2 Å². The zero-order valence-corrected chi connectivity index (χ0v) is 12.9. The summed E-state index contributed by atoms with van der Waals surface area (Å²) in [6.45, 7) is 1.97. The highest BCUT2D eigenvalue weighted by molar-refractivity contribution is 8.01. The molecule has 1 N–H and O–H groups in total. The predicted molar refractivity (Wildman–Crippen MR) is 80.8 cm³/mol. The van der Waals surface area contributed by atoms with E-state index >= 15 is 0 Å². The number of amides is 2. The molecule has 1 aromatic rings. The average Bonchev–Trinajstić information content (AvgIpc) is 2.90. The molecule has 2 atom stereocenters. The van der Waals surface area contributed by atoms with E-state index in [9.17, 15) is 14.0 Å². The Labute approximate surface area is 131 Å². The van der Waals surface area contributed by atoms with Crippen LogP contribution in [0.5, 0.6) is 0 Å². The maximum atomic E-state index is 13.7. The van der Waals surface area contributed by atoms with E-state index in [1.54, 1.807) is 16.7 Å². The van der Waals surface area contributed by atoms with Gasteiger partial charge in [0.05, 0.1) is 10.6 Å². The van der Waals surface area contributed by atoms with Crippen LogP contribution in [0.25, 0.3) is 0 Å². The van der Waals surface area contributed by atoms with E-state index in [4.69, 9.17) is 11.6 Å². The second kappa shape index (κ2) is 5.18. The molecule has 2 fully saturated rings. The topological polar surface area (TPSA) is 49.4 Å². The third-order valence-corrected chi connectivity index (χ3v) is 5.68. The number of thioether (sulfide) groups is 1. The molecule has 0 spiro atoms. The first-order valence-corrected chi connectivity index (χ1v) is 7.99. The minimum Gasteiger partial charge on any atom is -0.322 e. The van der Waals surface area contributed by atoms with Gasteiger partial charge in [0.2, 0.25) is 11.8 Å². The van der Waals surface area contributed by atoms with Gasteiger partial charge in [0.15, 0.2) is 0 Å². The van der Waals surface area contributed by atoms with Crippen molar-refractivity contribution in [2.24, 2.45) is 0 Å². The minimum atomic E-state index is -0.586. The third kappa shape index (κ3) is 2.51. The van der Waals surface area contributed by atoms with Crippen molar-refractivity contribution < 1.29 is 14.0 Å². The molecule has 2 amide bonds. The highest BCUT2D eigenvalue weighted by Crippen LogP contribution is 2.47. The first-order chi connectivity index (χ1) is 9.90. The van der Waals surface area contributed by atoms with Crippen molar-refractivity contribution >= 4 is 40.9 Å². The largest absolute Gasteiger partial charge is 0.322 e. The fourth-order valence-electron chi connectivity index (χ4n) is 2.82. The first kappa shape index (κ1) is 14.7. The van der Waals surface area contributed by atoms with Crippen LogP contribution in [-0.2, 0) is 9.59 Å². The van der Waals surface area contributed by atoms with E-state index in [1.807, 2.05) is 6.92 Å². The van der Waals surface area contributed by atoms with E-state index in [0.29, 0.717) is 12.2 Å². The van der Waals surface area contributed by atoms with Crippen LogP contribution in [0.2, 0.25) is 5.02 Å². The zero-order valence-electron chi connectivity index (χ0n) is 11.4. The lowest BCUT2D eigenvalue weighted by molar-refractivity contribution is -0.135. The monoisotopic (exact) mass is 328 g/mol. The maximum Gasteiger partial charge on any atom is 0.248 e. The fourth-order valence-corrected chi connectivity index (χ4v) is 4.41. The lowest BCUT2D eigenvalue weighted by Gasteiger charge is -2.29. The molecule has 2 saturated heterocycles. The Morgan fingerprint density at radius 3 is 3.05 bits per heavy atom. The number of carbonyl (C=O) groups is 2. The summed E-state index contributed by atoms with van der Waals surface area (Å²) < 4.78 is 13.7. The molecular formula is C14H14ClFN2O2S. The molecule has 0 aliphatic carbocycles. The molecular weight excluding hydrogens is 315 g/mol. The molecule has 0 saturated carbocycles. The van der Waals surface area contributed by atoms with Crippen molar-refractivity contribution in [2.75, 3.05) is 11.1 Å². The van der Waals surface area contributed by atoms with E-state index in [-0.39, 0.29) is 27.4 Å². The second-order valence-electron chi connectivity index (χ2n) is 5.38. The highest BCUT2D eigenvalue weighted by atomic mass is 35.5. The van der Waals surface area contributed by atoms with Crippen molar-refractivity contribution in [3.05, 3.63) is 29.0 Å². The zero-order chi connectivity index (χ0) is 15.2. The van der Waals surface area contributed by atoms with E-state index in [2.05, 4.69) is 5.32 Å². The molecule has 0 aromatic heterocycles. The summed E-state index contributed by atoms with van der Waals surface area (Å²) >= 11 is 7.28. The van der Waals surface area contributed by atoms with E-state index in [1.165, 1.54) is 12.1 Å². The standard InChI is InChI=1S/C14H14ClFN2O2S/c1-14-5-4-12(19)18(14)11(7-21-14)13(20)17-10-3-2-8(15)6-9(10)16/h2-3,6,11H,4-5,7H2,1H3,(H,17,20)/t11-,14-/m1/s1. The summed E-state index contributed by atoms with van der Waals surface area (Å²) in [5.41, 5.74) is 0.0784. The molecule has 21 heavy (non-hydrogen) atoms. The Morgan fingerprint density at radius 1 is 1.57 bits per heavy atom. The molecule has 2 heterocycles. The first-order valence-electron chi connectivity index (χ1n) is 6.63. The van der Waals surface area contributed by atoms with Gasteiger partial charge in [0.1, 0.15) is 11.9 Å². The average molecular weight is 329 g/mol. The van der Waals surface area contributed by atoms with Crippen LogP contribution in [-0.4, -0.2) is 33.4 Å². The smallest absolute Gasteiger partial charge is 0.248 e. The van der Waals surface area contributed by atoms with Gasteiger partial charge in [0.25, 0.3) is 0 Å². The van der Waals surface area contributed by atoms with Crippen molar-refractivity contribution in [1.29, 1.82) is 0 Å². The van der Waals surface area contributed by atoms with Gasteiger partial charge in [-0.1, -0.05) is 11.6 Å². The number of hydrogen-bond acceptors (Lipinski definition) is 3. The van der Waals surface area contributed by atoms with Crippen LogP contribution in [0, 0.1) is 5.82 Å². The Balaban J connectivity index is 1.78. The number of rotatable bonds is 2. The molecule has 0 radical (unpaired) electrons. The molecule has 7 heteroatoms. The van der Waals surface area contributed by atoms with Gasteiger partial charge in [-0.3, -0.25) is 9.59 Å². The van der Waals surface area contributed by atoms with Crippen LogP contribution < -0.4 is 5.32 Å². The quantitative estimate of drug-likeness (QED) is 0.908. The van der Waals surface area contributed by atoms with E-state index in [0.717, 1.165) is 12.5 Å². The molecule has 2 aliphatic heterocycles. The van der Waals surface area contributed by atoms with Gasteiger partial charge in [-0.25, -0.2) is 4.39 Å². The summed E-state index contributed by atoms with van der Waals surface area (Å²) in [6, 6.07) is 3.52. The predicted octanol–water partition coefficient (Wildman–Crippen LogP) is 2.87. The summed E-state index contributed by atoms with van der Waals surface area (Å²) in [5, 5.41) is 2.82. The lowest BCUT2D eigenvalue weighted by atomic mass is 10.2. The van der Waals surface area contributed by atoms with Crippen LogP contribution in [0.1, 0.15) is 19.8 Å². The molecule has 0 unspecified atom stereocenters. The van der Waals surface area contributed by atoms with Crippen molar-refractivity contribution in [3.63, 3.8) is 0 Å². The Bertz CT molecular complexity index is 627. The molecule has 3 rings (SSSR count). The van der Waals surface area contributed by atoms with Crippen LogP contribution >= 0.6 is 23.4 Å². The number of benzene rings is 1. The molecule has 1 aromatic carbocycles. The van der Waals surface area contributed by atoms with Crippen LogP contribution in [0.3, 0.4) is 0 Å². The molecule has 0 bridgehead atoms. The number of carbonyl (C=O) groups excluding carboxylic acids is 2. The van der Waals surface area contributed by atoms with Gasteiger partial charge in [0, 0.05) is 17.2 Å². The van der Waals surface area contributed by atoms with Crippen molar-refractivity contribution in [3.8, 4) is 0 Å². The fraction of sp³-hybridized carbons (Fsp3) is 0.429. The Morgan fingerprint density at radius 2 is 2.33 bits per heavy atom. The normalized spacial score (nSPS) is 27.9. The SMILES string of the molecule is C[C@@]12CCC(=O)N1[C@@H](C(=O)Nc1ccc(Cl)cc1F)CS2. The highest BCUT2D eigenvalue weighted by Gasteiger charge is 2.52. The van der Waals surface area contributed by atoms with Crippen LogP contribution in [0.4, 0.5) is 10.1 Å². The number of anilines is 1. The number of hydrogen-bond donors (Lipinski definition) is 1. The molecule has 2 aliphatic rings. The summed E-state index contributed by atoms with van der Waals surface area (Å²) in [6.07, 6.45) is 1.21. The molecule has 112 valence electrons. The second-order valence-corrected chi connectivity index (χ2v) is 7.32. The summed E-state index contributed by atoms with van der Waals surface area (Å²) in [7, 11) is 0. The van der Waals surface area contributed by atoms with Gasteiger partial charge in [-0.05, 0) is 31.5 Å². The number of fused-ring (bicyclic) bond motifs is 1. The van der Waals surface area contributed by atoms with Crippen molar-refractivity contribution in [1.82, 2.24) is 4.90 Å². The number of halogens is 2. The number of nitrogens with zero attached hydrogens (tertiary/aromatic N) is 1.